The van der Waals surface area contributed by atoms with E-state index < -0.39 is 0 Å². The molecule has 15 heavy (non-hydrogen) atoms. The van der Waals surface area contributed by atoms with E-state index in [4.69, 9.17) is 5.73 Å². The summed E-state index contributed by atoms with van der Waals surface area (Å²) < 4.78 is 0. The molecule has 0 saturated heterocycles. The third-order valence-corrected chi connectivity index (χ3v) is 3.85. The fraction of sp³-hybridized carbons (Fsp3) is 1.00. The summed E-state index contributed by atoms with van der Waals surface area (Å²) in [6.07, 6.45) is 9.55. The summed E-state index contributed by atoms with van der Waals surface area (Å²) in [6, 6.07) is 1.57. The van der Waals surface area contributed by atoms with Crippen molar-refractivity contribution in [2.75, 3.05) is 13.1 Å². The summed E-state index contributed by atoms with van der Waals surface area (Å²) >= 11 is 0. The summed E-state index contributed by atoms with van der Waals surface area (Å²) in [5.41, 5.74) is 5.70. The van der Waals surface area contributed by atoms with E-state index in [-0.39, 0.29) is 0 Å². The van der Waals surface area contributed by atoms with Crippen molar-refractivity contribution in [3.63, 3.8) is 0 Å². The highest BCUT2D eigenvalue weighted by Gasteiger charge is 2.24. The van der Waals surface area contributed by atoms with Crippen LogP contribution in [0.25, 0.3) is 0 Å². The van der Waals surface area contributed by atoms with E-state index in [2.05, 4.69) is 18.7 Å². The molecule has 1 saturated carbocycles. The second kappa shape index (κ2) is 7.24. The van der Waals surface area contributed by atoms with Crippen molar-refractivity contribution in [1.29, 1.82) is 0 Å². The van der Waals surface area contributed by atoms with Crippen molar-refractivity contribution in [1.82, 2.24) is 4.90 Å². The highest BCUT2D eigenvalue weighted by atomic mass is 15.2. The number of nitrogens with two attached hydrogens (primary N) is 1. The molecule has 2 N–H and O–H groups in total. The topological polar surface area (TPSA) is 29.3 Å². The maximum absolute atomic E-state index is 5.70. The molecule has 0 spiro atoms. The zero-order chi connectivity index (χ0) is 11.1. The average molecular weight is 212 g/mol. The normalized spacial score (nSPS) is 20.8. The van der Waals surface area contributed by atoms with Crippen LogP contribution in [0.4, 0.5) is 0 Å². The second-order valence-corrected chi connectivity index (χ2v) is 4.76. The van der Waals surface area contributed by atoms with Gasteiger partial charge in [-0.05, 0) is 38.8 Å². The van der Waals surface area contributed by atoms with Gasteiger partial charge in [0.05, 0.1) is 0 Å². The zero-order valence-electron chi connectivity index (χ0n) is 10.5. The molecule has 1 atom stereocenters. The highest BCUT2D eigenvalue weighted by molar-refractivity contribution is 4.80. The van der Waals surface area contributed by atoms with Crippen LogP contribution in [-0.2, 0) is 0 Å². The Kier molecular flexibility index (Phi) is 6.26. The lowest BCUT2D eigenvalue weighted by molar-refractivity contribution is 0.103. The lowest BCUT2D eigenvalue weighted by Gasteiger charge is -2.39. The second-order valence-electron chi connectivity index (χ2n) is 4.76. The molecule has 0 aliphatic heterocycles. The van der Waals surface area contributed by atoms with E-state index in [1.54, 1.807) is 0 Å². The summed E-state index contributed by atoms with van der Waals surface area (Å²) in [7, 11) is 0. The van der Waals surface area contributed by atoms with Crippen LogP contribution in [0.3, 0.4) is 0 Å². The Morgan fingerprint density at radius 2 is 1.87 bits per heavy atom. The van der Waals surface area contributed by atoms with Gasteiger partial charge < -0.3 is 5.73 Å². The SMILES string of the molecule is CCC(CCN)N(CC)C1CCCCC1. The van der Waals surface area contributed by atoms with Gasteiger partial charge in [0.1, 0.15) is 0 Å². The van der Waals surface area contributed by atoms with Crippen LogP contribution in [0.15, 0.2) is 0 Å². The largest absolute Gasteiger partial charge is 0.330 e. The van der Waals surface area contributed by atoms with Crippen molar-refractivity contribution in [2.24, 2.45) is 5.73 Å². The van der Waals surface area contributed by atoms with Gasteiger partial charge in [-0.15, -0.1) is 0 Å². The molecule has 1 fully saturated rings. The fourth-order valence-corrected chi connectivity index (χ4v) is 3.02. The molecule has 0 aromatic rings. The third kappa shape index (κ3) is 3.76. The summed E-state index contributed by atoms with van der Waals surface area (Å²) in [4.78, 5) is 2.71. The van der Waals surface area contributed by atoms with Gasteiger partial charge in [-0.1, -0.05) is 33.1 Å². The molecular weight excluding hydrogens is 184 g/mol. The summed E-state index contributed by atoms with van der Waals surface area (Å²) in [6.45, 7) is 6.63. The summed E-state index contributed by atoms with van der Waals surface area (Å²) in [5, 5.41) is 0. The minimum absolute atomic E-state index is 0.725. The van der Waals surface area contributed by atoms with Crippen molar-refractivity contribution >= 4 is 0 Å². The van der Waals surface area contributed by atoms with Gasteiger partial charge in [-0.25, -0.2) is 0 Å². The van der Waals surface area contributed by atoms with Gasteiger partial charge in [0.15, 0.2) is 0 Å². The predicted octanol–water partition coefficient (Wildman–Crippen LogP) is 2.77. The van der Waals surface area contributed by atoms with Crippen LogP contribution in [0.2, 0.25) is 0 Å². The lowest BCUT2D eigenvalue weighted by atomic mass is 9.92. The number of hydrogen-bond acceptors (Lipinski definition) is 2. The van der Waals surface area contributed by atoms with E-state index in [1.165, 1.54) is 51.5 Å². The van der Waals surface area contributed by atoms with E-state index >= 15 is 0 Å². The first-order chi connectivity index (χ1) is 7.33. The molecule has 1 aliphatic rings. The number of rotatable bonds is 6. The smallest absolute Gasteiger partial charge is 0.0107 e. The first-order valence-electron chi connectivity index (χ1n) is 6.79. The molecule has 1 rings (SSSR count). The monoisotopic (exact) mass is 212 g/mol. The molecule has 0 heterocycles. The van der Waals surface area contributed by atoms with Crippen LogP contribution >= 0.6 is 0 Å². The molecular formula is C13H28N2. The maximum atomic E-state index is 5.70. The van der Waals surface area contributed by atoms with E-state index in [0.717, 1.165) is 18.6 Å². The van der Waals surface area contributed by atoms with Crippen molar-refractivity contribution in [3.05, 3.63) is 0 Å². The zero-order valence-corrected chi connectivity index (χ0v) is 10.5. The lowest BCUT2D eigenvalue weighted by Crippen LogP contribution is -2.44. The number of nitrogens with zero attached hydrogens (tertiary/aromatic N) is 1. The van der Waals surface area contributed by atoms with Crippen LogP contribution in [0.5, 0.6) is 0 Å². The molecule has 1 unspecified atom stereocenters. The van der Waals surface area contributed by atoms with E-state index in [9.17, 15) is 0 Å². The van der Waals surface area contributed by atoms with Gasteiger partial charge in [-0.3, -0.25) is 4.90 Å². The molecule has 0 aromatic heterocycles. The quantitative estimate of drug-likeness (QED) is 0.733. The van der Waals surface area contributed by atoms with Crippen molar-refractivity contribution in [2.45, 2.75) is 70.9 Å². The van der Waals surface area contributed by atoms with Crippen LogP contribution in [0.1, 0.15) is 58.8 Å². The highest BCUT2D eigenvalue weighted by Crippen LogP contribution is 2.25. The maximum Gasteiger partial charge on any atom is 0.0107 e. The van der Waals surface area contributed by atoms with Crippen LogP contribution in [-0.4, -0.2) is 30.1 Å². The molecule has 2 heteroatoms. The molecule has 0 radical (unpaired) electrons. The molecule has 0 bridgehead atoms. The minimum Gasteiger partial charge on any atom is -0.330 e. The standard InChI is InChI=1S/C13H28N2/c1-3-12(10-11-14)15(4-2)13-8-6-5-7-9-13/h12-13H,3-11,14H2,1-2H3. The Labute approximate surface area is 95.2 Å². The molecule has 1 aliphatic carbocycles. The minimum atomic E-state index is 0.725. The van der Waals surface area contributed by atoms with E-state index in [1.807, 2.05) is 0 Å². The third-order valence-electron chi connectivity index (χ3n) is 3.85. The Morgan fingerprint density at radius 1 is 1.20 bits per heavy atom. The Bertz CT molecular complexity index is 148. The Hall–Kier alpha value is -0.0800. The molecule has 0 amide bonds. The Balaban J connectivity index is 2.50. The van der Waals surface area contributed by atoms with Gasteiger partial charge in [0.25, 0.3) is 0 Å². The molecule has 2 nitrogen and oxygen atoms in total. The van der Waals surface area contributed by atoms with E-state index in [0.29, 0.717) is 0 Å². The predicted molar refractivity (Wildman–Crippen MR) is 67.0 cm³/mol. The average Bonchev–Trinajstić information content (AvgIpc) is 2.30. The van der Waals surface area contributed by atoms with Gasteiger partial charge >= 0.3 is 0 Å². The molecule has 0 aromatic carbocycles. The fourth-order valence-electron chi connectivity index (χ4n) is 3.02. The van der Waals surface area contributed by atoms with Crippen molar-refractivity contribution in [3.8, 4) is 0 Å². The van der Waals surface area contributed by atoms with Crippen LogP contribution in [0, 0.1) is 0 Å². The van der Waals surface area contributed by atoms with Gasteiger partial charge in [-0.2, -0.15) is 0 Å². The number of hydrogen-bond donors (Lipinski definition) is 1. The van der Waals surface area contributed by atoms with Crippen LogP contribution < -0.4 is 5.73 Å². The summed E-state index contributed by atoms with van der Waals surface area (Å²) in [5.74, 6) is 0. The Morgan fingerprint density at radius 3 is 2.33 bits per heavy atom. The first-order valence-corrected chi connectivity index (χ1v) is 6.79. The van der Waals surface area contributed by atoms with Crippen molar-refractivity contribution < 1.29 is 0 Å². The first kappa shape index (κ1) is 13.0. The van der Waals surface area contributed by atoms with Gasteiger partial charge in [0, 0.05) is 12.1 Å². The van der Waals surface area contributed by atoms with Gasteiger partial charge in [0.2, 0.25) is 0 Å². The molecule has 90 valence electrons.